The van der Waals surface area contributed by atoms with Gasteiger partial charge in [0.2, 0.25) is 15.9 Å². The largest absolute Gasteiger partial charge is 0.492 e. The first-order valence-electron chi connectivity index (χ1n) is 8.20. The van der Waals surface area contributed by atoms with Crippen LogP contribution in [0.5, 0.6) is 5.75 Å². The standard InChI is InChI=1S/C19H21FN2O4S/c1-3-12-22(13-14-26-18-8-4-16(20)5-9-18)27(24,25)19-10-6-17(7-11-19)21-15(2)23/h3-11H,1,12-14H2,2H3,(H,21,23). The minimum absolute atomic E-state index is 0.0964. The van der Waals surface area contributed by atoms with E-state index in [0.717, 1.165) is 0 Å². The van der Waals surface area contributed by atoms with Gasteiger partial charge in [0.1, 0.15) is 18.2 Å². The first-order chi connectivity index (χ1) is 12.8. The number of rotatable bonds is 9. The summed E-state index contributed by atoms with van der Waals surface area (Å²) < 4.78 is 45.3. The van der Waals surface area contributed by atoms with Crippen LogP contribution >= 0.6 is 0 Å². The van der Waals surface area contributed by atoms with E-state index in [4.69, 9.17) is 4.74 Å². The summed E-state index contributed by atoms with van der Waals surface area (Å²) in [6, 6.07) is 11.4. The molecule has 2 aromatic rings. The van der Waals surface area contributed by atoms with Crippen molar-refractivity contribution in [3.8, 4) is 5.75 Å². The molecule has 0 unspecified atom stereocenters. The number of sulfonamides is 1. The van der Waals surface area contributed by atoms with Crippen molar-refractivity contribution in [2.24, 2.45) is 0 Å². The second-order valence-corrected chi connectivity index (χ2v) is 7.60. The minimum atomic E-state index is -3.76. The van der Waals surface area contributed by atoms with Crippen LogP contribution in [0.3, 0.4) is 0 Å². The van der Waals surface area contributed by atoms with Gasteiger partial charge in [0.15, 0.2) is 0 Å². The van der Waals surface area contributed by atoms with Crippen LogP contribution in [0, 0.1) is 5.82 Å². The molecule has 0 aliphatic rings. The lowest BCUT2D eigenvalue weighted by Crippen LogP contribution is -2.34. The Morgan fingerprint density at radius 1 is 1.19 bits per heavy atom. The van der Waals surface area contributed by atoms with E-state index in [1.54, 1.807) is 0 Å². The molecule has 144 valence electrons. The fourth-order valence-electron chi connectivity index (χ4n) is 2.31. The summed E-state index contributed by atoms with van der Waals surface area (Å²) in [6.07, 6.45) is 1.49. The van der Waals surface area contributed by atoms with Gasteiger partial charge in [-0.15, -0.1) is 6.58 Å². The Morgan fingerprint density at radius 3 is 2.37 bits per heavy atom. The Labute approximate surface area is 158 Å². The highest BCUT2D eigenvalue weighted by Crippen LogP contribution is 2.19. The fraction of sp³-hybridized carbons (Fsp3) is 0.211. The average Bonchev–Trinajstić information content (AvgIpc) is 2.62. The van der Waals surface area contributed by atoms with E-state index in [9.17, 15) is 17.6 Å². The highest BCUT2D eigenvalue weighted by molar-refractivity contribution is 7.89. The number of hydrogen-bond donors (Lipinski definition) is 1. The van der Waals surface area contributed by atoms with E-state index in [2.05, 4.69) is 11.9 Å². The number of nitrogens with one attached hydrogen (secondary N) is 1. The highest BCUT2D eigenvalue weighted by atomic mass is 32.2. The number of amides is 1. The maximum atomic E-state index is 12.9. The van der Waals surface area contributed by atoms with Gasteiger partial charge in [-0.2, -0.15) is 4.31 Å². The predicted octanol–water partition coefficient (Wildman–Crippen LogP) is 3.04. The van der Waals surface area contributed by atoms with E-state index in [-0.39, 0.29) is 36.3 Å². The molecule has 0 aliphatic carbocycles. The molecule has 0 heterocycles. The topological polar surface area (TPSA) is 75.7 Å². The lowest BCUT2D eigenvalue weighted by Gasteiger charge is -2.21. The summed E-state index contributed by atoms with van der Waals surface area (Å²) in [4.78, 5) is 11.2. The van der Waals surface area contributed by atoms with Gasteiger partial charge in [-0.05, 0) is 48.5 Å². The zero-order valence-corrected chi connectivity index (χ0v) is 15.7. The fourth-order valence-corrected chi connectivity index (χ4v) is 3.71. The minimum Gasteiger partial charge on any atom is -0.492 e. The molecule has 8 heteroatoms. The number of carbonyl (C=O) groups excluding carboxylic acids is 1. The van der Waals surface area contributed by atoms with Gasteiger partial charge in [0.05, 0.1) is 4.90 Å². The second kappa shape index (κ2) is 9.29. The third-order valence-electron chi connectivity index (χ3n) is 3.57. The van der Waals surface area contributed by atoms with Gasteiger partial charge in [-0.1, -0.05) is 6.08 Å². The zero-order chi connectivity index (χ0) is 19.9. The lowest BCUT2D eigenvalue weighted by molar-refractivity contribution is -0.114. The van der Waals surface area contributed by atoms with Crippen molar-refractivity contribution in [2.45, 2.75) is 11.8 Å². The van der Waals surface area contributed by atoms with Gasteiger partial charge in [-0.25, -0.2) is 12.8 Å². The molecule has 0 atom stereocenters. The summed E-state index contributed by atoms with van der Waals surface area (Å²) in [6.45, 7) is 5.28. The molecule has 0 fully saturated rings. The van der Waals surface area contributed by atoms with Crippen LogP contribution in [0.2, 0.25) is 0 Å². The average molecular weight is 392 g/mol. The molecule has 0 saturated heterocycles. The van der Waals surface area contributed by atoms with Crippen LogP contribution in [0.1, 0.15) is 6.92 Å². The van der Waals surface area contributed by atoms with Crippen LogP contribution in [-0.4, -0.2) is 38.3 Å². The third-order valence-corrected chi connectivity index (χ3v) is 5.45. The van der Waals surface area contributed by atoms with Crippen molar-refractivity contribution in [1.29, 1.82) is 0 Å². The Hall–Kier alpha value is -2.71. The Morgan fingerprint density at radius 2 is 1.81 bits per heavy atom. The number of benzene rings is 2. The normalized spacial score (nSPS) is 11.2. The van der Waals surface area contributed by atoms with E-state index >= 15 is 0 Å². The summed E-state index contributed by atoms with van der Waals surface area (Å²) in [5.74, 6) is -0.162. The van der Waals surface area contributed by atoms with Crippen LogP contribution in [0.25, 0.3) is 0 Å². The van der Waals surface area contributed by atoms with E-state index < -0.39 is 10.0 Å². The van der Waals surface area contributed by atoms with Crippen molar-refractivity contribution < 1.29 is 22.3 Å². The molecular formula is C19H21FN2O4S. The van der Waals surface area contributed by atoms with Crippen LogP contribution < -0.4 is 10.1 Å². The molecule has 2 rings (SSSR count). The van der Waals surface area contributed by atoms with Gasteiger partial charge in [0.25, 0.3) is 0 Å². The first-order valence-corrected chi connectivity index (χ1v) is 9.64. The number of halogens is 1. The van der Waals surface area contributed by atoms with Gasteiger partial charge in [0, 0.05) is 25.7 Å². The Balaban J connectivity index is 2.07. The SMILES string of the molecule is C=CCN(CCOc1ccc(F)cc1)S(=O)(=O)c1ccc(NC(C)=O)cc1. The molecule has 1 amide bonds. The second-order valence-electron chi connectivity index (χ2n) is 5.66. The molecular weight excluding hydrogens is 371 g/mol. The molecule has 6 nitrogen and oxygen atoms in total. The summed E-state index contributed by atoms with van der Waals surface area (Å²) in [7, 11) is -3.76. The van der Waals surface area contributed by atoms with Gasteiger partial charge >= 0.3 is 0 Å². The van der Waals surface area contributed by atoms with Crippen molar-refractivity contribution >= 4 is 21.6 Å². The maximum Gasteiger partial charge on any atom is 0.243 e. The molecule has 0 spiro atoms. The lowest BCUT2D eigenvalue weighted by atomic mass is 10.3. The first kappa shape index (κ1) is 20.6. The number of carbonyl (C=O) groups is 1. The van der Waals surface area contributed by atoms with Crippen molar-refractivity contribution in [2.75, 3.05) is 25.0 Å². The Kier molecular flexibility index (Phi) is 7.09. The number of anilines is 1. The predicted molar refractivity (Wildman–Crippen MR) is 102 cm³/mol. The summed E-state index contributed by atoms with van der Waals surface area (Å²) in [5.41, 5.74) is 0.511. The maximum absolute atomic E-state index is 12.9. The van der Waals surface area contributed by atoms with Crippen molar-refractivity contribution in [3.05, 3.63) is 67.0 Å². The monoisotopic (exact) mass is 392 g/mol. The van der Waals surface area contributed by atoms with Gasteiger partial charge in [-0.3, -0.25) is 4.79 Å². The third kappa shape index (κ3) is 5.90. The molecule has 0 aliphatic heterocycles. The van der Waals surface area contributed by atoms with E-state index in [1.165, 1.54) is 65.8 Å². The highest BCUT2D eigenvalue weighted by Gasteiger charge is 2.23. The smallest absolute Gasteiger partial charge is 0.243 e. The molecule has 0 saturated carbocycles. The number of hydrogen-bond acceptors (Lipinski definition) is 4. The number of ether oxygens (including phenoxy) is 1. The molecule has 0 bridgehead atoms. The number of nitrogens with zero attached hydrogens (tertiary/aromatic N) is 1. The van der Waals surface area contributed by atoms with Crippen LogP contribution in [0.15, 0.2) is 66.1 Å². The van der Waals surface area contributed by atoms with Gasteiger partial charge < -0.3 is 10.1 Å². The quantitative estimate of drug-likeness (QED) is 0.666. The molecule has 0 aromatic heterocycles. The summed E-state index contributed by atoms with van der Waals surface area (Å²) in [5, 5.41) is 2.58. The molecule has 27 heavy (non-hydrogen) atoms. The van der Waals surface area contributed by atoms with Crippen LogP contribution in [0.4, 0.5) is 10.1 Å². The van der Waals surface area contributed by atoms with Crippen molar-refractivity contribution in [1.82, 2.24) is 4.31 Å². The van der Waals surface area contributed by atoms with E-state index in [0.29, 0.717) is 11.4 Å². The van der Waals surface area contributed by atoms with Crippen molar-refractivity contribution in [3.63, 3.8) is 0 Å². The van der Waals surface area contributed by atoms with E-state index in [1.807, 2.05) is 0 Å². The molecule has 1 N–H and O–H groups in total. The molecule has 2 aromatic carbocycles. The van der Waals surface area contributed by atoms with Crippen LogP contribution in [-0.2, 0) is 14.8 Å². The zero-order valence-electron chi connectivity index (χ0n) is 14.9. The summed E-state index contributed by atoms with van der Waals surface area (Å²) >= 11 is 0. The Bertz CT molecular complexity index is 881. The molecule has 0 radical (unpaired) electrons.